The minimum absolute atomic E-state index is 0.0107. The van der Waals surface area contributed by atoms with Crippen molar-refractivity contribution in [2.75, 3.05) is 4.90 Å². The fraction of sp³-hybridized carbons (Fsp3) is 0.444. The smallest absolute Gasteiger partial charge is 0.230 e. The normalized spacial score (nSPS) is 16.7. The van der Waals surface area contributed by atoms with E-state index in [0.717, 1.165) is 27.1 Å². The molecule has 1 atom stereocenters. The summed E-state index contributed by atoms with van der Waals surface area (Å²) in [7, 11) is 3.35. The van der Waals surface area contributed by atoms with Gasteiger partial charge in [-0.05, 0) is 39.3 Å². The minimum Gasteiger partial charge on any atom is -0.301 e. The SMILES string of the molecule is CCC(C)C(=O)N1c2ccc(C)cc2-c2c(ssc2=S)C1(C)C. The molecule has 0 spiro atoms. The number of hydrogen-bond acceptors (Lipinski definition) is 4. The van der Waals surface area contributed by atoms with E-state index in [4.69, 9.17) is 12.2 Å². The van der Waals surface area contributed by atoms with Crippen molar-refractivity contribution in [3.8, 4) is 11.1 Å². The number of anilines is 1. The summed E-state index contributed by atoms with van der Waals surface area (Å²) < 4.78 is 0.931. The molecule has 0 aliphatic carbocycles. The van der Waals surface area contributed by atoms with Crippen LogP contribution in [0.5, 0.6) is 0 Å². The number of carbonyl (C=O) groups excluding carboxylic acids is 1. The number of carbonyl (C=O) groups is 1. The molecule has 1 aromatic carbocycles. The third-order valence-corrected chi connectivity index (χ3v) is 7.99. The first-order valence-corrected chi connectivity index (χ1v) is 10.4. The maximum atomic E-state index is 13.1. The summed E-state index contributed by atoms with van der Waals surface area (Å²) in [6, 6.07) is 6.32. The zero-order valence-electron chi connectivity index (χ0n) is 14.1. The van der Waals surface area contributed by atoms with Crippen LogP contribution in [0.15, 0.2) is 18.2 Å². The first-order chi connectivity index (χ1) is 10.8. The average molecular weight is 364 g/mol. The van der Waals surface area contributed by atoms with Gasteiger partial charge in [0, 0.05) is 17.0 Å². The number of benzene rings is 1. The standard InChI is InChI=1S/C18H21NOS3/c1-6-11(3)16(20)19-13-8-7-10(2)9-12(13)14-15(18(19,4)5)22-23-17(14)21/h7-9,11H,6H2,1-5H3. The van der Waals surface area contributed by atoms with Gasteiger partial charge in [0.15, 0.2) is 0 Å². The van der Waals surface area contributed by atoms with Crippen LogP contribution in [0.4, 0.5) is 5.69 Å². The van der Waals surface area contributed by atoms with E-state index in [2.05, 4.69) is 45.9 Å². The van der Waals surface area contributed by atoms with Crippen LogP contribution in [0.3, 0.4) is 0 Å². The average Bonchev–Trinajstić information content (AvgIpc) is 2.90. The molecule has 2 heterocycles. The van der Waals surface area contributed by atoms with Crippen LogP contribution < -0.4 is 4.90 Å². The molecule has 23 heavy (non-hydrogen) atoms. The Labute approximate surface area is 150 Å². The molecule has 122 valence electrons. The molecule has 0 bridgehead atoms. The number of rotatable bonds is 2. The molecule has 0 saturated heterocycles. The molecule has 2 nitrogen and oxygen atoms in total. The van der Waals surface area contributed by atoms with E-state index in [1.165, 1.54) is 10.4 Å². The Morgan fingerprint density at radius 2 is 2.04 bits per heavy atom. The Morgan fingerprint density at radius 3 is 2.70 bits per heavy atom. The van der Waals surface area contributed by atoms with Gasteiger partial charge in [0.05, 0.1) is 16.1 Å². The topological polar surface area (TPSA) is 20.3 Å². The van der Waals surface area contributed by atoms with Gasteiger partial charge in [-0.25, -0.2) is 0 Å². The van der Waals surface area contributed by atoms with Crippen LogP contribution in [0.1, 0.15) is 44.6 Å². The molecule has 3 rings (SSSR count). The molecule has 0 radical (unpaired) electrons. The number of amides is 1. The Bertz CT molecular complexity index is 831. The number of fused-ring (bicyclic) bond motifs is 3. The Balaban J connectivity index is 2.32. The van der Waals surface area contributed by atoms with Crippen molar-refractivity contribution in [3.05, 3.63) is 32.5 Å². The lowest BCUT2D eigenvalue weighted by molar-refractivity contribution is -0.123. The van der Waals surface area contributed by atoms with Crippen molar-refractivity contribution in [1.82, 2.24) is 0 Å². The number of hydrogen-bond donors (Lipinski definition) is 0. The second-order valence-electron chi connectivity index (χ2n) is 6.72. The van der Waals surface area contributed by atoms with Gasteiger partial charge in [-0.15, -0.1) is 0 Å². The molecule has 2 aromatic rings. The van der Waals surface area contributed by atoms with Crippen molar-refractivity contribution >= 4 is 44.5 Å². The monoisotopic (exact) mass is 363 g/mol. The third kappa shape index (κ3) is 2.49. The van der Waals surface area contributed by atoms with E-state index in [9.17, 15) is 4.79 Å². The Morgan fingerprint density at radius 1 is 1.35 bits per heavy atom. The molecule has 0 saturated carbocycles. The molecule has 1 aromatic heterocycles. The summed E-state index contributed by atoms with van der Waals surface area (Å²) in [6.07, 6.45) is 0.846. The van der Waals surface area contributed by atoms with Crippen LogP contribution in [0.25, 0.3) is 11.1 Å². The van der Waals surface area contributed by atoms with Crippen LogP contribution in [0.2, 0.25) is 0 Å². The summed E-state index contributed by atoms with van der Waals surface area (Å²) in [5, 5.41) is 0. The number of aryl methyl sites for hydroxylation is 1. The molecule has 0 N–H and O–H groups in total. The Hall–Kier alpha value is -1.04. The van der Waals surface area contributed by atoms with E-state index in [1.54, 1.807) is 20.7 Å². The van der Waals surface area contributed by atoms with Gasteiger partial charge in [0.2, 0.25) is 5.91 Å². The highest BCUT2D eigenvalue weighted by atomic mass is 32.9. The largest absolute Gasteiger partial charge is 0.301 e. The minimum atomic E-state index is -0.365. The quantitative estimate of drug-likeness (QED) is 0.471. The highest BCUT2D eigenvalue weighted by Gasteiger charge is 2.43. The van der Waals surface area contributed by atoms with Gasteiger partial charge < -0.3 is 4.90 Å². The first-order valence-electron chi connectivity index (χ1n) is 7.87. The van der Waals surface area contributed by atoms with Gasteiger partial charge >= 0.3 is 0 Å². The van der Waals surface area contributed by atoms with Gasteiger partial charge in [-0.2, -0.15) is 0 Å². The van der Waals surface area contributed by atoms with Gasteiger partial charge in [-0.1, -0.05) is 58.4 Å². The number of nitrogens with zero attached hydrogens (tertiary/aromatic N) is 1. The second-order valence-corrected chi connectivity index (χ2v) is 9.54. The van der Waals surface area contributed by atoms with E-state index in [1.807, 2.05) is 11.8 Å². The van der Waals surface area contributed by atoms with Crippen molar-refractivity contribution in [3.63, 3.8) is 0 Å². The van der Waals surface area contributed by atoms with E-state index < -0.39 is 0 Å². The van der Waals surface area contributed by atoms with Crippen LogP contribution in [0, 0.1) is 16.7 Å². The lowest BCUT2D eigenvalue weighted by Crippen LogP contribution is -2.49. The molecule has 5 heteroatoms. The van der Waals surface area contributed by atoms with Crippen molar-refractivity contribution < 1.29 is 4.79 Å². The Kier molecular flexibility index (Phi) is 4.23. The summed E-state index contributed by atoms with van der Waals surface area (Å²) in [5.74, 6) is 0.203. The molecule has 1 aliphatic rings. The maximum absolute atomic E-state index is 13.1. The summed E-state index contributed by atoms with van der Waals surface area (Å²) in [5.41, 5.74) is 4.09. The lowest BCUT2D eigenvalue weighted by Gasteiger charge is -2.44. The van der Waals surface area contributed by atoms with Crippen LogP contribution in [-0.2, 0) is 10.3 Å². The van der Waals surface area contributed by atoms with Crippen LogP contribution >= 0.6 is 32.9 Å². The molecule has 1 unspecified atom stereocenters. The molecule has 0 fully saturated rings. The predicted molar refractivity (Wildman–Crippen MR) is 103 cm³/mol. The van der Waals surface area contributed by atoms with Gasteiger partial charge in [0.25, 0.3) is 0 Å². The lowest BCUT2D eigenvalue weighted by atomic mass is 9.85. The highest BCUT2D eigenvalue weighted by molar-refractivity contribution is 7.80. The van der Waals surface area contributed by atoms with Gasteiger partial charge in [0.1, 0.15) is 3.82 Å². The van der Waals surface area contributed by atoms with Crippen molar-refractivity contribution in [2.24, 2.45) is 5.92 Å². The van der Waals surface area contributed by atoms with Crippen LogP contribution in [-0.4, -0.2) is 5.91 Å². The van der Waals surface area contributed by atoms with Gasteiger partial charge in [-0.3, -0.25) is 4.79 Å². The molecule has 1 amide bonds. The first kappa shape index (κ1) is 16.8. The zero-order chi connectivity index (χ0) is 16.9. The fourth-order valence-corrected chi connectivity index (χ4v) is 6.41. The summed E-state index contributed by atoms with van der Waals surface area (Å²) in [4.78, 5) is 16.3. The fourth-order valence-electron chi connectivity index (χ4n) is 3.13. The van der Waals surface area contributed by atoms with E-state index >= 15 is 0 Å². The summed E-state index contributed by atoms with van der Waals surface area (Å²) in [6.45, 7) is 10.4. The highest BCUT2D eigenvalue weighted by Crippen LogP contribution is 2.52. The molecule has 1 aliphatic heterocycles. The maximum Gasteiger partial charge on any atom is 0.230 e. The summed E-state index contributed by atoms with van der Waals surface area (Å²) >= 11 is 5.60. The van der Waals surface area contributed by atoms with E-state index in [0.29, 0.717) is 0 Å². The second kappa shape index (κ2) is 5.80. The zero-order valence-corrected chi connectivity index (χ0v) is 16.5. The van der Waals surface area contributed by atoms with Crippen molar-refractivity contribution in [2.45, 2.75) is 46.6 Å². The van der Waals surface area contributed by atoms with E-state index in [-0.39, 0.29) is 17.4 Å². The third-order valence-electron chi connectivity index (χ3n) is 4.66. The molecular weight excluding hydrogens is 342 g/mol. The van der Waals surface area contributed by atoms with Crippen molar-refractivity contribution in [1.29, 1.82) is 0 Å². The molecular formula is C18H21NOS3. The predicted octanol–water partition coefficient (Wildman–Crippen LogP) is 6.14.